The van der Waals surface area contributed by atoms with Gasteiger partial charge >= 0.3 is 0 Å². The van der Waals surface area contributed by atoms with E-state index < -0.39 is 0 Å². The lowest BCUT2D eigenvalue weighted by Gasteiger charge is -2.19. The van der Waals surface area contributed by atoms with Crippen LogP contribution in [0.15, 0.2) is 41.4 Å². The molecule has 1 aliphatic heterocycles. The second-order valence-corrected chi connectivity index (χ2v) is 4.77. The van der Waals surface area contributed by atoms with Crippen LogP contribution in [0.25, 0.3) is 0 Å². The fourth-order valence-corrected chi connectivity index (χ4v) is 2.19. The molecule has 3 rings (SSSR count). The molecule has 0 bridgehead atoms. The topological polar surface area (TPSA) is 78.1 Å². The molecule has 0 saturated carbocycles. The zero-order chi connectivity index (χ0) is 15.5. The average molecular weight is 299 g/mol. The van der Waals surface area contributed by atoms with Gasteiger partial charge in [0.2, 0.25) is 0 Å². The molecule has 1 heterocycles. The van der Waals surface area contributed by atoms with Crippen molar-refractivity contribution < 1.29 is 14.2 Å². The lowest BCUT2D eigenvalue weighted by molar-refractivity contribution is 0.372. The maximum atomic E-state index is 5.74. The summed E-state index contributed by atoms with van der Waals surface area (Å²) in [6.45, 7) is 0.330. The summed E-state index contributed by atoms with van der Waals surface area (Å²) in [5.74, 6) is 2.80. The Labute approximate surface area is 128 Å². The van der Waals surface area contributed by atoms with Crippen molar-refractivity contribution in [2.75, 3.05) is 31.9 Å². The highest BCUT2D eigenvalue weighted by molar-refractivity contribution is 6.00. The van der Waals surface area contributed by atoms with Crippen molar-refractivity contribution in [3.8, 4) is 17.2 Å². The van der Waals surface area contributed by atoms with E-state index in [2.05, 4.69) is 10.3 Å². The van der Waals surface area contributed by atoms with E-state index in [1.54, 1.807) is 26.4 Å². The van der Waals surface area contributed by atoms with E-state index in [-0.39, 0.29) is 0 Å². The van der Waals surface area contributed by atoms with Crippen LogP contribution in [0.5, 0.6) is 17.2 Å². The minimum atomic E-state index is 0.330. The maximum absolute atomic E-state index is 5.74. The molecular formula is C16H17N3O3. The number of anilines is 2. The van der Waals surface area contributed by atoms with E-state index >= 15 is 0 Å². The molecule has 0 aliphatic carbocycles. The number of hydrogen-bond acceptors (Lipinski definition) is 6. The standard InChI is InChI=1S/C16H17N3O3/c1-20-11-4-6-14(21-2)13(8-11)19-16-9-22-15-7-10(17)3-5-12(15)18-16/h3-8H,9,17H2,1-2H3,(H,18,19). The van der Waals surface area contributed by atoms with Crippen LogP contribution in [0, 0.1) is 0 Å². The molecule has 0 fully saturated rings. The van der Waals surface area contributed by atoms with Crippen molar-refractivity contribution in [1.29, 1.82) is 0 Å². The van der Waals surface area contributed by atoms with E-state index in [1.807, 2.05) is 24.3 Å². The largest absolute Gasteiger partial charge is 0.497 e. The maximum Gasteiger partial charge on any atom is 0.147 e. The zero-order valence-corrected chi connectivity index (χ0v) is 12.4. The molecule has 2 aromatic rings. The number of amidine groups is 1. The van der Waals surface area contributed by atoms with Gasteiger partial charge in [-0.25, -0.2) is 4.99 Å². The van der Waals surface area contributed by atoms with Crippen molar-refractivity contribution >= 4 is 22.9 Å². The van der Waals surface area contributed by atoms with Gasteiger partial charge in [-0.3, -0.25) is 0 Å². The van der Waals surface area contributed by atoms with Crippen LogP contribution in [0.4, 0.5) is 17.1 Å². The van der Waals surface area contributed by atoms with Gasteiger partial charge in [0.05, 0.1) is 19.9 Å². The molecule has 2 aromatic carbocycles. The number of nitrogens with zero attached hydrogens (tertiary/aromatic N) is 1. The molecular weight excluding hydrogens is 282 g/mol. The predicted molar refractivity (Wildman–Crippen MR) is 86.6 cm³/mol. The van der Waals surface area contributed by atoms with Crippen LogP contribution in [-0.4, -0.2) is 26.7 Å². The van der Waals surface area contributed by atoms with E-state index in [0.29, 0.717) is 29.6 Å². The van der Waals surface area contributed by atoms with Crippen molar-refractivity contribution in [2.45, 2.75) is 0 Å². The fraction of sp³-hybridized carbons (Fsp3) is 0.188. The summed E-state index contributed by atoms with van der Waals surface area (Å²) in [6, 6.07) is 10.9. The molecule has 1 aliphatic rings. The van der Waals surface area contributed by atoms with Crippen LogP contribution >= 0.6 is 0 Å². The second kappa shape index (κ2) is 5.85. The molecule has 6 nitrogen and oxygen atoms in total. The molecule has 0 aromatic heterocycles. The number of nitrogens with two attached hydrogens (primary N) is 1. The Morgan fingerprint density at radius 2 is 2.00 bits per heavy atom. The van der Waals surface area contributed by atoms with Gasteiger partial charge in [-0.2, -0.15) is 0 Å². The first kappa shape index (κ1) is 14.1. The quantitative estimate of drug-likeness (QED) is 0.852. The van der Waals surface area contributed by atoms with Crippen LogP contribution in [-0.2, 0) is 0 Å². The summed E-state index contributed by atoms with van der Waals surface area (Å²) in [6.07, 6.45) is 0. The molecule has 22 heavy (non-hydrogen) atoms. The average Bonchev–Trinajstić information content (AvgIpc) is 2.55. The van der Waals surface area contributed by atoms with Gasteiger partial charge in [0, 0.05) is 17.8 Å². The van der Waals surface area contributed by atoms with Crippen molar-refractivity contribution in [3.63, 3.8) is 0 Å². The van der Waals surface area contributed by atoms with Crippen LogP contribution in [0.1, 0.15) is 0 Å². The second-order valence-electron chi connectivity index (χ2n) is 4.77. The minimum Gasteiger partial charge on any atom is -0.497 e. The number of methoxy groups -OCH3 is 2. The van der Waals surface area contributed by atoms with Gasteiger partial charge in [0.25, 0.3) is 0 Å². The first-order chi connectivity index (χ1) is 10.7. The van der Waals surface area contributed by atoms with E-state index in [0.717, 1.165) is 17.1 Å². The molecule has 0 atom stereocenters. The van der Waals surface area contributed by atoms with Crippen LogP contribution in [0.2, 0.25) is 0 Å². The van der Waals surface area contributed by atoms with Gasteiger partial charge in [-0.15, -0.1) is 0 Å². The number of ether oxygens (including phenoxy) is 3. The van der Waals surface area contributed by atoms with E-state index in [4.69, 9.17) is 19.9 Å². The van der Waals surface area contributed by atoms with Gasteiger partial charge < -0.3 is 25.3 Å². The number of nitrogens with one attached hydrogen (secondary N) is 1. The van der Waals surface area contributed by atoms with Crippen LogP contribution < -0.4 is 25.3 Å². The highest BCUT2D eigenvalue weighted by Crippen LogP contribution is 2.34. The summed E-state index contributed by atoms with van der Waals surface area (Å²) in [7, 11) is 3.23. The molecule has 0 unspecified atom stereocenters. The number of rotatable bonds is 3. The third-order valence-electron chi connectivity index (χ3n) is 3.29. The Hall–Kier alpha value is -2.89. The molecule has 0 amide bonds. The monoisotopic (exact) mass is 299 g/mol. The Balaban J connectivity index is 1.89. The Morgan fingerprint density at radius 1 is 1.14 bits per heavy atom. The van der Waals surface area contributed by atoms with Crippen molar-refractivity contribution in [1.82, 2.24) is 0 Å². The lowest BCUT2D eigenvalue weighted by Crippen LogP contribution is -2.23. The Bertz CT molecular complexity index is 729. The highest BCUT2D eigenvalue weighted by atomic mass is 16.5. The number of hydrogen-bond donors (Lipinski definition) is 2. The lowest BCUT2D eigenvalue weighted by atomic mass is 10.2. The molecule has 0 radical (unpaired) electrons. The number of nitrogen functional groups attached to an aromatic ring is 1. The number of aliphatic imine (C=N–C) groups is 1. The minimum absolute atomic E-state index is 0.330. The molecule has 0 saturated heterocycles. The first-order valence-electron chi connectivity index (χ1n) is 6.78. The van der Waals surface area contributed by atoms with Crippen LogP contribution in [0.3, 0.4) is 0 Å². The summed E-state index contributed by atoms with van der Waals surface area (Å²) >= 11 is 0. The molecule has 6 heteroatoms. The van der Waals surface area contributed by atoms with Gasteiger partial charge in [-0.1, -0.05) is 0 Å². The molecule has 0 spiro atoms. The Kier molecular flexibility index (Phi) is 3.74. The molecule has 3 N–H and O–H groups in total. The van der Waals surface area contributed by atoms with Gasteiger partial charge in [0.15, 0.2) is 0 Å². The third-order valence-corrected chi connectivity index (χ3v) is 3.29. The van der Waals surface area contributed by atoms with Gasteiger partial charge in [-0.05, 0) is 24.3 Å². The SMILES string of the molecule is COc1ccc(OC)c(NC2=Nc3ccc(N)cc3OC2)c1. The van der Waals surface area contributed by atoms with Crippen molar-refractivity contribution in [2.24, 2.45) is 4.99 Å². The highest BCUT2D eigenvalue weighted by Gasteiger charge is 2.15. The Morgan fingerprint density at radius 3 is 2.77 bits per heavy atom. The summed E-state index contributed by atoms with van der Waals surface area (Å²) in [5, 5.41) is 3.22. The fourth-order valence-electron chi connectivity index (χ4n) is 2.19. The zero-order valence-electron chi connectivity index (χ0n) is 12.4. The number of benzene rings is 2. The third kappa shape index (κ3) is 2.76. The molecule has 114 valence electrons. The van der Waals surface area contributed by atoms with E-state index in [9.17, 15) is 0 Å². The number of fused-ring (bicyclic) bond motifs is 1. The van der Waals surface area contributed by atoms with E-state index in [1.165, 1.54) is 0 Å². The first-order valence-corrected chi connectivity index (χ1v) is 6.78. The smallest absolute Gasteiger partial charge is 0.147 e. The summed E-state index contributed by atoms with van der Waals surface area (Å²) in [4.78, 5) is 4.54. The van der Waals surface area contributed by atoms with Gasteiger partial charge in [0.1, 0.15) is 35.4 Å². The normalized spacial score (nSPS) is 12.7. The summed E-state index contributed by atoms with van der Waals surface area (Å²) < 4.78 is 16.2. The summed E-state index contributed by atoms with van der Waals surface area (Å²) in [5.41, 5.74) is 7.90. The van der Waals surface area contributed by atoms with Crippen molar-refractivity contribution in [3.05, 3.63) is 36.4 Å². The predicted octanol–water partition coefficient (Wildman–Crippen LogP) is 2.82.